The number of aromatic nitrogens is 1. The van der Waals surface area contributed by atoms with Crippen LogP contribution in [0.3, 0.4) is 0 Å². The lowest BCUT2D eigenvalue weighted by Crippen LogP contribution is -2.14. The molecular weight excluding hydrogens is 286 g/mol. The van der Waals surface area contributed by atoms with Gasteiger partial charge in [0.05, 0.1) is 5.69 Å². The Labute approximate surface area is 116 Å². The highest BCUT2D eigenvalue weighted by atomic mass is 35.5. The van der Waals surface area contributed by atoms with Crippen LogP contribution in [-0.2, 0) is 10.0 Å². The Bertz CT molecular complexity index is 699. The summed E-state index contributed by atoms with van der Waals surface area (Å²) in [5.41, 5.74) is 6.63. The zero-order valence-corrected chi connectivity index (χ0v) is 11.7. The van der Waals surface area contributed by atoms with Crippen LogP contribution >= 0.6 is 11.6 Å². The monoisotopic (exact) mass is 297 g/mol. The van der Waals surface area contributed by atoms with Crippen LogP contribution in [0.25, 0.3) is 0 Å². The van der Waals surface area contributed by atoms with Gasteiger partial charge in [-0.05, 0) is 42.8 Å². The minimum atomic E-state index is -3.68. The molecular formula is C12H12ClN3O2S. The molecule has 0 spiro atoms. The van der Waals surface area contributed by atoms with E-state index in [0.29, 0.717) is 10.7 Å². The smallest absolute Gasteiger partial charge is 0.263 e. The third-order valence-electron chi connectivity index (χ3n) is 2.50. The summed E-state index contributed by atoms with van der Waals surface area (Å²) in [6.07, 6.45) is 1.21. The molecule has 0 atom stereocenters. The number of aryl methyl sites for hydroxylation is 1. The van der Waals surface area contributed by atoms with E-state index >= 15 is 0 Å². The van der Waals surface area contributed by atoms with E-state index in [1.807, 2.05) is 0 Å². The third kappa shape index (κ3) is 3.15. The lowest BCUT2D eigenvalue weighted by atomic mass is 10.2. The van der Waals surface area contributed by atoms with Crippen molar-refractivity contribution in [1.82, 2.24) is 4.98 Å². The summed E-state index contributed by atoms with van der Waals surface area (Å²) in [4.78, 5) is 3.81. The van der Waals surface area contributed by atoms with Gasteiger partial charge in [0.15, 0.2) is 0 Å². The largest absolute Gasteiger partial charge is 0.384 e. The van der Waals surface area contributed by atoms with Gasteiger partial charge in [-0.1, -0.05) is 11.6 Å². The van der Waals surface area contributed by atoms with E-state index < -0.39 is 10.0 Å². The van der Waals surface area contributed by atoms with Crippen LogP contribution in [0.5, 0.6) is 0 Å². The number of nitrogens with zero attached hydrogens (tertiary/aromatic N) is 1. The maximum Gasteiger partial charge on any atom is 0.263 e. The fourth-order valence-corrected chi connectivity index (χ4v) is 2.80. The zero-order valence-electron chi connectivity index (χ0n) is 10.1. The highest BCUT2D eigenvalue weighted by Gasteiger charge is 2.15. The number of hydrogen-bond donors (Lipinski definition) is 2. The van der Waals surface area contributed by atoms with E-state index in [1.165, 1.54) is 18.3 Å². The first-order chi connectivity index (χ1) is 8.88. The first kappa shape index (κ1) is 13.6. The van der Waals surface area contributed by atoms with Crippen LogP contribution in [-0.4, -0.2) is 13.4 Å². The predicted molar refractivity (Wildman–Crippen MR) is 75.6 cm³/mol. The summed E-state index contributed by atoms with van der Waals surface area (Å²) in [5.74, 6) is 0.265. The Morgan fingerprint density at radius 1 is 1.26 bits per heavy atom. The Hall–Kier alpha value is -1.79. The number of pyridine rings is 1. The molecule has 1 aromatic heterocycles. The molecule has 0 fully saturated rings. The topological polar surface area (TPSA) is 85.1 Å². The molecule has 0 amide bonds. The van der Waals surface area contributed by atoms with E-state index in [4.69, 9.17) is 17.3 Å². The van der Waals surface area contributed by atoms with Crippen LogP contribution in [0.1, 0.15) is 5.56 Å². The van der Waals surface area contributed by atoms with Crippen molar-refractivity contribution in [1.29, 1.82) is 0 Å². The highest BCUT2D eigenvalue weighted by Crippen LogP contribution is 2.22. The third-order valence-corrected chi connectivity index (χ3v) is 4.09. The number of hydrogen-bond acceptors (Lipinski definition) is 4. The SMILES string of the molecule is Cc1cc(Cl)ccc1NS(=O)(=O)c1ccc(N)nc1. The van der Waals surface area contributed by atoms with E-state index in [2.05, 4.69) is 9.71 Å². The number of rotatable bonds is 3. The number of benzene rings is 1. The van der Waals surface area contributed by atoms with Gasteiger partial charge in [-0.3, -0.25) is 4.72 Å². The second kappa shape index (κ2) is 5.07. The van der Waals surface area contributed by atoms with Crippen molar-refractivity contribution < 1.29 is 8.42 Å². The summed E-state index contributed by atoms with van der Waals surface area (Å²) >= 11 is 5.82. The van der Waals surface area contributed by atoms with Crippen LogP contribution in [0, 0.1) is 6.92 Å². The molecule has 1 heterocycles. The molecule has 19 heavy (non-hydrogen) atoms. The van der Waals surface area contributed by atoms with Crippen LogP contribution in [0.4, 0.5) is 11.5 Å². The molecule has 7 heteroatoms. The molecule has 0 radical (unpaired) electrons. The maximum absolute atomic E-state index is 12.1. The van der Waals surface area contributed by atoms with Gasteiger partial charge in [0.2, 0.25) is 0 Å². The van der Waals surface area contributed by atoms with Gasteiger partial charge in [0.1, 0.15) is 10.7 Å². The Morgan fingerprint density at radius 2 is 2.00 bits per heavy atom. The van der Waals surface area contributed by atoms with E-state index in [1.54, 1.807) is 25.1 Å². The summed E-state index contributed by atoms with van der Waals surface area (Å²) in [6, 6.07) is 7.74. The summed E-state index contributed by atoms with van der Waals surface area (Å²) in [6.45, 7) is 1.77. The standard InChI is InChI=1S/C12H12ClN3O2S/c1-8-6-9(13)2-4-11(8)16-19(17,18)10-3-5-12(14)15-7-10/h2-7,16H,1H3,(H2,14,15). The van der Waals surface area contributed by atoms with Crippen molar-refractivity contribution in [3.05, 3.63) is 47.1 Å². The van der Waals surface area contributed by atoms with Gasteiger partial charge in [-0.25, -0.2) is 13.4 Å². The van der Waals surface area contributed by atoms with Crippen molar-refractivity contribution in [3.8, 4) is 0 Å². The molecule has 0 saturated heterocycles. The van der Waals surface area contributed by atoms with Gasteiger partial charge in [-0.15, -0.1) is 0 Å². The maximum atomic E-state index is 12.1. The average molecular weight is 298 g/mol. The molecule has 3 N–H and O–H groups in total. The van der Waals surface area contributed by atoms with E-state index in [-0.39, 0.29) is 10.7 Å². The fourth-order valence-electron chi connectivity index (χ4n) is 1.50. The van der Waals surface area contributed by atoms with Gasteiger partial charge in [-0.2, -0.15) is 0 Å². The number of halogens is 1. The molecule has 0 unspecified atom stereocenters. The number of nitrogens with two attached hydrogens (primary N) is 1. The highest BCUT2D eigenvalue weighted by molar-refractivity contribution is 7.92. The molecule has 0 aliphatic rings. The summed E-state index contributed by atoms with van der Waals surface area (Å²) in [5, 5.41) is 0.551. The van der Waals surface area contributed by atoms with Crippen LogP contribution in [0.15, 0.2) is 41.4 Å². The van der Waals surface area contributed by atoms with Crippen molar-refractivity contribution in [2.24, 2.45) is 0 Å². The van der Waals surface area contributed by atoms with E-state index in [9.17, 15) is 8.42 Å². The van der Waals surface area contributed by atoms with Crippen LogP contribution < -0.4 is 10.5 Å². The van der Waals surface area contributed by atoms with E-state index in [0.717, 1.165) is 5.56 Å². The normalized spacial score (nSPS) is 11.3. The first-order valence-electron chi connectivity index (χ1n) is 5.39. The lowest BCUT2D eigenvalue weighted by molar-refractivity contribution is 0.601. The molecule has 0 saturated carbocycles. The molecule has 0 bridgehead atoms. The molecule has 0 aliphatic carbocycles. The number of nitrogens with one attached hydrogen (secondary N) is 1. The van der Waals surface area contributed by atoms with Crippen molar-refractivity contribution >= 4 is 33.1 Å². The summed E-state index contributed by atoms with van der Waals surface area (Å²) in [7, 11) is -3.68. The van der Waals surface area contributed by atoms with Gasteiger partial charge in [0, 0.05) is 11.2 Å². The number of anilines is 2. The molecule has 1 aromatic carbocycles. The Morgan fingerprint density at radius 3 is 2.58 bits per heavy atom. The molecule has 0 aliphatic heterocycles. The second-order valence-electron chi connectivity index (χ2n) is 3.98. The Kier molecular flexibility index (Phi) is 3.64. The van der Waals surface area contributed by atoms with Gasteiger partial charge in [0.25, 0.3) is 10.0 Å². The van der Waals surface area contributed by atoms with Crippen molar-refractivity contribution in [2.75, 3.05) is 10.5 Å². The Balaban J connectivity index is 2.33. The number of nitrogen functional groups attached to an aromatic ring is 1. The van der Waals surface area contributed by atoms with Crippen LogP contribution in [0.2, 0.25) is 5.02 Å². The van der Waals surface area contributed by atoms with Crippen molar-refractivity contribution in [2.45, 2.75) is 11.8 Å². The predicted octanol–water partition coefficient (Wildman–Crippen LogP) is 2.43. The zero-order chi connectivity index (χ0) is 14.0. The lowest BCUT2D eigenvalue weighted by Gasteiger charge is -2.10. The minimum absolute atomic E-state index is 0.0519. The van der Waals surface area contributed by atoms with Crippen molar-refractivity contribution in [3.63, 3.8) is 0 Å². The number of sulfonamides is 1. The molecule has 100 valence electrons. The minimum Gasteiger partial charge on any atom is -0.384 e. The first-order valence-corrected chi connectivity index (χ1v) is 7.25. The van der Waals surface area contributed by atoms with Gasteiger partial charge < -0.3 is 5.73 Å². The molecule has 2 aromatic rings. The van der Waals surface area contributed by atoms with Gasteiger partial charge >= 0.3 is 0 Å². The average Bonchev–Trinajstić information content (AvgIpc) is 2.33. The summed E-state index contributed by atoms with van der Waals surface area (Å²) < 4.78 is 26.7. The molecule has 2 rings (SSSR count). The second-order valence-corrected chi connectivity index (χ2v) is 6.10. The quantitative estimate of drug-likeness (QED) is 0.911. The fraction of sp³-hybridized carbons (Fsp3) is 0.0833. The molecule has 5 nitrogen and oxygen atoms in total.